The third-order valence-corrected chi connectivity index (χ3v) is 8.09. The molecular formula is C28H32BrN3O2S. The number of aryl methyl sites for hydroxylation is 1. The standard InChI is InChI=1S/C28H32BrN3O2S/c1-21-16-17-24(35-21)19-31(18-22-10-4-2-5-11-22)27(33)20-32(23-12-6-3-7-13-23)28(34)30-26-15-9-8-14-25(26)29/h2,4-5,8-11,14-17,23H,3,6-7,12-13,18-20H2,1H3,(H,30,34). The van der Waals surface area contributed by atoms with Gasteiger partial charge in [0, 0.05) is 26.8 Å². The molecule has 35 heavy (non-hydrogen) atoms. The zero-order valence-corrected chi connectivity index (χ0v) is 22.5. The molecule has 1 aliphatic rings. The summed E-state index contributed by atoms with van der Waals surface area (Å²) in [7, 11) is 0. The lowest BCUT2D eigenvalue weighted by Gasteiger charge is -2.35. The first kappa shape index (κ1) is 25.5. The van der Waals surface area contributed by atoms with Crippen molar-refractivity contribution >= 4 is 44.9 Å². The molecule has 0 spiro atoms. The molecular weight excluding hydrogens is 522 g/mol. The molecule has 1 N–H and O–H groups in total. The molecule has 1 aromatic heterocycles. The van der Waals surface area contributed by atoms with Crippen molar-refractivity contribution in [3.8, 4) is 0 Å². The summed E-state index contributed by atoms with van der Waals surface area (Å²) in [6, 6.07) is 21.6. The number of nitrogens with one attached hydrogen (secondary N) is 1. The predicted molar refractivity (Wildman–Crippen MR) is 146 cm³/mol. The number of carbonyl (C=O) groups is 2. The zero-order valence-electron chi connectivity index (χ0n) is 20.1. The summed E-state index contributed by atoms with van der Waals surface area (Å²) >= 11 is 5.22. The number of thiophene rings is 1. The maximum absolute atomic E-state index is 13.7. The minimum Gasteiger partial charge on any atom is -0.332 e. The molecule has 1 saturated carbocycles. The van der Waals surface area contributed by atoms with E-state index >= 15 is 0 Å². The van der Waals surface area contributed by atoms with E-state index in [4.69, 9.17) is 0 Å². The Labute approximate surface area is 220 Å². The number of benzene rings is 2. The van der Waals surface area contributed by atoms with Crippen molar-refractivity contribution in [1.82, 2.24) is 9.80 Å². The number of rotatable bonds is 8. The summed E-state index contributed by atoms with van der Waals surface area (Å²) in [5, 5.41) is 3.03. The molecule has 7 heteroatoms. The topological polar surface area (TPSA) is 52.7 Å². The van der Waals surface area contributed by atoms with Gasteiger partial charge in [0.15, 0.2) is 0 Å². The fourth-order valence-electron chi connectivity index (χ4n) is 4.55. The fourth-order valence-corrected chi connectivity index (χ4v) is 5.84. The van der Waals surface area contributed by atoms with Gasteiger partial charge < -0.3 is 15.1 Å². The number of hydrogen-bond donors (Lipinski definition) is 1. The molecule has 0 radical (unpaired) electrons. The summed E-state index contributed by atoms with van der Waals surface area (Å²) in [5.74, 6) is -0.0345. The van der Waals surface area contributed by atoms with E-state index in [1.54, 1.807) is 16.2 Å². The number of amides is 3. The van der Waals surface area contributed by atoms with E-state index in [9.17, 15) is 9.59 Å². The first-order valence-corrected chi connectivity index (χ1v) is 13.8. The Morgan fingerprint density at radius 2 is 1.66 bits per heavy atom. The predicted octanol–water partition coefficient (Wildman–Crippen LogP) is 7.21. The molecule has 1 aliphatic carbocycles. The van der Waals surface area contributed by atoms with Gasteiger partial charge in [0.05, 0.1) is 12.2 Å². The molecule has 1 fully saturated rings. The maximum atomic E-state index is 13.7. The van der Waals surface area contributed by atoms with Crippen molar-refractivity contribution in [3.05, 3.63) is 86.5 Å². The number of nitrogens with zero attached hydrogens (tertiary/aromatic N) is 2. The highest BCUT2D eigenvalue weighted by Crippen LogP contribution is 2.26. The lowest BCUT2D eigenvalue weighted by atomic mass is 9.94. The van der Waals surface area contributed by atoms with Gasteiger partial charge in [-0.3, -0.25) is 4.79 Å². The van der Waals surface area contributed by atoms with Crippen LogP contribution in [-0.2, 0) is 17.9 Å². The Bertz CT molecular complexity index is 1130. The quantitative estimate of drug-likeness (QED) is 0.320. The number of anilines is 1. The first-order chi connectivity index (χ1) is 17.0. The lowest BCUT2D eigenvalue weighted by Crippen LogP contribution is -2.49. The van der Waals surface area contributed by atoms with E-state index in [1.165, 1.54) is 11.3 Å². The van der Waals surface area contributed by atoms with E-state index in [2.05, 4.69) is 40.3 Å². The molecule has 184 valence electrons. The number of halogens is 1. The van der Waals surface area contributed by atoms with Crippen LogP contribution in [0.15, 0.2) is 71.2 Å². The molecule has 0 bridgehead atoms. The largest absolute Gasteiger partial charge is 0.332 e. The van der Waals surface area contributed by atoms with Gasteiger partial charge in [-0.15, -0.1) is 11.3 Å². The Balaban J connectivity index is 1.54. The minimum absolute atomic E-state index is 0.0345. The van der Waals surface area contributed by atoms with Crippen LogP contribution < -0.4 is 5.32 Å². The van der Waals surface area contributed by atoms with Crippen molar-refractivity contribution < 1.29 is 9.59 Å². The summed E-state index contributed by atoms with van der Waals surface area (Å²) in [4.78, 5) is 33.2. The normalized spacial score (nSPS) is 13.9. The van der Waals surface area contributed by atoms with Gasteiger partial charge in [-0.25, -0.2) is 4.79 Å². The molecule has 0 unspecified atom stereocenters. The third-order valence-electron chi connectivity index (χ3n) is 6.41. The molecule has 3 aromatic rings. The molecule has 5 nitrogen and oxygen atoms in total. The van der Waals surface area contributed by atoms with Gasteiger partial charge >= 0.3 is 6.03 Å². The highest BCUT2D eigenvalue weighted by atomic mass is 79.9. The molecule has 0 atom stereocenters. The Hall–Kier alpha value is -2.64. The SMILES string of the molecule is Cc1ccc(CN(Cc2ccccc2)C(=O)CN(C(=O)Nc2ccccc2Br)C2CCCCC2)s1. The summed E-state index contributed by atoms with van der Waals surface area (Å²) in [6.45, 7) is 3.20. The third kappa shape index (κ3) is 7.18. The van der Waals surface area contributed by atoms with Crippen molar-refractivity contribution in [2.75, 3.05) is 11.9 Å². The van der Waals surface area contributed by atoms with Crippen molar-refractivity contribution in [1.29, 1.82) is 0 Å². The van der Waals surface area contributed by atoms with Gasteiger partial charge in [-0.2, -0.15) is 0 Å². The van der Waals surface area contributed by atoms with Crippen LogP contribution in [0.3, 0.4) is 0 Å². The van der Waals surface area contributed by atoms with Gasteiger partial charge in [-0.05, 0) is 65.5 Å². The van der Waals surface area contributed by atoms with E-state index in [-0.39, 0.29) is 24.5 Å². The monoisotopic (exact) mass is 553 g/mol. The summed E-state index contributed by atoms with van der Waals surface area (Å²) in [6.07, 6.45) is 5.21. The zero-order chi connectivity index (χ0) is 24.6. The Morgan fingerprint density at radius 1 is 0.943 bits per heavy atom. The smallest absolute Gasteiger partial charge is 0.322 e. The molecule has 2 aromatic carbocycles. The van der Waals surface area contributed by atoms with Crippen LogP contribution in [0.1, 0.15) is 47.4 Å². The average molecular weight is 555 g/mol. The molecule has 0 saturated heterocycles. The lowest BCUT2D eigenvalue weighted by molar-refractivity contribution is -0.133. The number of carbonyl (C=O) groups excluding carboxylic acids is 2. The molecule has 1 heterocycles. The van der Waals surface area contributed by atoms with E-state index in [0.29, 0.717) is 18.8 Å². The number of para-hydroxylation sites is 1. The Morgan fingerprint density at radius 3 is 2.34 bits per heavy atom. The highest BCUT2D eigenvalue weighted by molar-refractivity contribution is 9.10. The first-order valence-electron chi connectivity index (χ1n) is 12.2. The summed E-state index contributed by atoms with van der Waals surface area (Å²) < 4.78 is 0.821. The van der Waals surface area contributed by atoms with E-state index in [0.717, 1.165) is 40.6 Å². The van der Waals surface area contributed by atoms with Crippen molar-refractivity contribution in [2.24, 2.45) is 0 Å². The van der Waals surface area contributed by atoms with Crippen LogP contribution in [-0.4, -0.2) is 34.3 Å². The van der Waals surface area contributed by atoms with Crippen LogP contribution in [0.4, 0.5) is 10.5 Å². The van der Waals surface area contributed by atoms with Gasteiger partial charge in [0.2, 0.25) is 5.91 Å². The van der Waals surface area contributed by atoms with Gasteiger partial charge in [0.1, 0.15) is 6.54 Å². The van der Waals surface area contributed by atoms with Gasteiger partial charge in [0.25, 0.3) is 0 Å². The van der Waals surface area contributed by atoms with Crippen LogP contribution >= 0.6 is 27.3 Å². The number of urea groups is 1. The maximum Gasteiger partial charge on any atom is 0.322 e. The molecule has 3 amide bonds. The average Bonchev–Trinajstić information content (AvgIpc) is 3.29. The van der Waals surface area contributed by atoms with Crippen LogP contribution in [0.25, 0.3) is 0 Å². The summed E-state index contributed by atoms with van der Waals surface area (Å²) in [5.41, 5.74) is 1.79. The number of hydrogen-bond acceptors (Lipinski definition) is 3. The van der Waals surface area contributed by atoms with Crippen molar-refractivity contribution in [2.45, 2.75) is 58.2 Å². The second kappa shape index (κ2) is 12.4. The Kier molecular flexibility index (Phi) is 8.99. The molecule has 4 rings (SSSR count). The van der Waals surface area contributed by atoms with E-state index < -0.39 is 0 Å². The molecule has 0 aliphatic heterocycles. The van der Waals surface area contributed by atoms with Gasteiger partial charge in [-0.1, -0.05) is 61.7 Å². The van der Waals surface area contributed by atoms with Crippen LogP contribution in [0, 0.1) is 6.92 Å². The van der Waals surface area contributed by atoms with Crippen molar-refractivity contribution in [3.63, 3.8) is 0 Å². The van der Waals surface area contributed by atoms with E-state index in [1.807, 2.05) is 59.5 Å². The fraction of sp³-hybridized carbons (Fsp3) is 0.357. The highest BCUT2D eigenvalue weighted by Gasteiger charge is 2.29. The van der Waals surface area contributed by atoms with Crippen LogP contribution in [0.2, 0.25) is 0 Å². The second-order valence-corrected chi connectivity index (χ2v) is 11.3. The minimum atomic E-state index is -0.219. The van der Waals surface area contributed by atoms with Crippen LogP contribution in [0.5, 0.6) is 0 Å². The second-order valence-electron chi connectivity index (χ2n) is 9.08.